The number of allylic oxidation sites excluding steroid dienone is 2. The quantitative estimate of drug-likeness (QED) is 0.166. The van der Waals surface area contributed by atoms with E-state index in [-0.39, 0.29) is 5.97 Å². The molecule has 0 amide bonds. The summed E-state index contributed by atoms with van der Waals surface area (Å²) in [5.74, 6) is 0.420. The maximum atomic E-state index is 11.4. The van der Waals surface area contributed by atoms with Gasteiger partial charge in [0.25, 0.3) is 0 Å². The van der Waals surface area contributed by atoms with Crippen molar-refractivity contribution >= 4 is 14.3 Å². The van der Waals surface area contributed by atoms with Crippen molar-refractivity contribution in [3.05, 3.63) is 24.5 Å². The van der Waals surface area contributed by atoms with Gasteiger partial charge in [0.1, 0.15) is 0 Å². The maximum absolute atomic E-state index is 11.4. The van der Waals surface area contributed by atoms with Gasteiger partial charge >= 0.3 is 5.97 Å². The fourth-order valence-corrected chi connectivity index (χ4v) is 2.23. The van der Waals surface area contributed by atoms with Gasteiger partial charge in [0.05, 0.1) is 18.4 Å². The van der Waals surface area contributed by atoms with Crippen LogP contribution >= 0.6 is 0 Å². The fraction of sp³-hybridized carbons (Fsp3) is 0.615. The standard InChI is InChI=1S/C13H24O3Si/c1-6-8-9-10-12(16-17(3,4)5)11-13(14)15-7-2/h6,11H,1,7-10H2,2-5H3. The number of rotatable bonds is 8. The average Bonchev–Trinajstić information content (AvgIpc) is 2.15. The van der Waals surface area contributed by atoms with Crippen LogP contribution in [0.4, 0.5) is 0 Å². The molecule has 0 heterocycles. The van der Waals surface area contributed by atoms with Gasteiger partial charge < -0.3 is 9.16 Å². The van der Waals surface area contributed by atoms with Crippen LogP contribution in [0.1, 0.15) is 26.2 Å². The summed E-state index contributed by atoms with van der Waals surface area (Å²) >= 11 is 0. The number of hydrogen-bond donors (Lipinski definition) is 0. The van der Waals surface area contributed by atoms with Gasteiger partial charge in [-0.3, -0.25) is 0 Å². The molecule has 0 aromatic rings. The van der Waals surface area contributed by atoms with Gasteiger partial charge in [-0.2, -0.15) is 0 Å². The highest BCUT2D eigenvalue weighted by atomic mass is 28.4. The Bertz CT molecular complexity index is 277. The van der Waals surface area contributed by atoms with Crippen LogP contribution in [0.5, 0.6) is 0 Å². The first-order valence-corrected chi connectivity index (χ1v) is 9.47. The van der Waals surface area contributed by atoms with E-state index in [1.165, 1.54) is 6.08 Å². The minimum Gasteiger partial charge on any atom is -0.547 e. The first-order chi connectivity index (χ1) is 7.89. The smallest absolute Gasteiger partial charge is 0.334 e. The molecule has 0 aromatic carbocycles. The molecule has 0 rings (SSSR count). The lowest BCUT2D eigenvalue weighted by Crippen LogP contribution is -2.25. The predicted molar refractivity (Wildman–Crippen MR) is 73.2 cm³/mol. The van der Waals surface area contributed by atoms with E-state index in [0.717, 1.165) is 25.0 Å². The molecule has 0 N–H and O–H groups in total. The van der Waals surface area contributed by atoms with Crippen molar-refractivity contribution in [1.29, 1.82) is 0 Å². The molecule has 0 unspecified atom stereocenters. The van der Waals surface area contributed by atoms with Crippen molar-refractivity contribution in [3.63, 3.8) is 0 Å². The van der Waals surface area contributed by atoms with Crippen molar-refractivity contribution in [2.75, 3.05) is 6.61 Å². The minimum absolute atomic E-state index is 0.320. The molecule has 0 aromatic heterocycles. The lowest BCUT2D eigenvalue weighted by atomic mass is 10.2. The Morgan fingerprint density at radius 2 is 2.00 bits per heavy atom. The van der Waals surface area contributed by atoms with E-state index in [1.54, 1.807) is 6.92 Å². The molecule has 0 aliphatic heterocycles. The summed E-state index contributed by atoms with van der Waals surface area (Å²) in [7, 11) is -1.67. The van der Waals surface area contributed by atoms with Crippen LogP contribution in [-0.4, -0.2) is 20.9 Å². The summed E-state index contributed by atoms with van der Waals surface area (Å²) in [5, 5.41) is 0. The molecule has 3 nitrogen and oxygen atoms in total. The molecule has 0 aliphatic rings. The Morgan fingerprint density at radius 3 is 2.47 bits per heavy atom. The van der Waals surface area contributed by atoms with Crippen LogP contribution in [0.25, 0.3) is 0 Å². The number of carbonyl (C=O) groups is 1. The molecule has 0 atom stereocenters. The maximum Gasteiger partial charge on any atom is 0.334 e. The molecule has 0 saturated carbocycles. The summed E-state index contributed by atoms with van der Waals surface area (Å²) in [4.78, 5) is 11.4. The van der Waals surface area contributed by atoms with E-state index >= 15 is 0 Å². The molecule has 4 heteroatoms. The first kappa shape index (κ1) is 16.0. The van der Waals surface area contributed by atoms with Crippen LogP contribution in [0.15, 0.2) is 24.5 Å². The SMILES string of the molecule is C=CCCCC(=CC(=O)OCC)O[Si](C)(C)C. The van der Waals surface area contributed by atoms with Crippen molar-refractivity contribution in [2.45, 2.75) is 45.8 Å². The third kappa shape index (κ3) is 9.87. The van der Waals surface area contributed by atoms with E-state index < -0.39 is 8.32 Å². The summed E-state index contributed by atoms with van der Waals surface area (Å²) in [6.45, 7) is 12.2. The Hall–Kier alpha value is -1.03. The van der Waals surface area contributed by atoms with Gasteiger partial charge in [-0.25, -0.2) is 4.79 Å². The Balaban J connectivity index is 4.48. The Kier molecular flexibility index (Phi) is 7.62. The molecule has 98 valence electrons. The van der Waals surface area contributed by atoms with Gasteiger partial charge in [-0.15, -0.1) is 6.58 Å². The second-order valence-corrected chi connectivity index (χ2v) is 9.19. The summed E-state index contributed by atoms with van der Waals surface area (Å²) < 4.78 is 10.8. The van der Waals surface area contributed by atoms with Gasteiger partial charge in [-0.05, 0) is 39.4 Å². The normalized spacial score (nSPS) is 12.1. The molecule has 0 fully saturated rings. The molecule has 0 spiro atoms. The molecule has 0 aliphatic carbocycles. The van der Waals surface area contributed by atoms with E-state index in [0.29, 0.717) is 6.61 Å². The zero-order valence-corrected chi connectivity index (χ0v) is 12.4. The molecular weight excluding hydrogens is 232 g/mol. The first-order valence-electron chi connectivity index (χ1n) is 6.06. The largest absolute Gasteiger partial charge is 0.547 e. The summed E-state index contributed by atoms with van der Waals surface area (Å²) in [6.07, 6.45) is 5.98. The molecule has 17 heavy (non-hydrogen) atoms. The Morgan fingerprint density at radius 1 is 1.35 bits per heavy atom. The fourth-order valence-electron chi connectivity index (χ4n) is 1.28. The topological polar surface area (TPSA) is 35.5 Å². The molecular formula is C13H24O3Si. The average molecular weight is 256 g/mol. The predicted octanol–water partition coefficient (Wildman–Crippen LogP) is 3.64. The van der Waals surface area contributed by atoms with E-state index in [2.05, 4.69) is 26.2 Å². The van der Waals surface area contributed by atoms with Crippen LogP contribution in [0, 0.1) is 0 Å². The van der Waals surface area contributed by atoms with Crippen LogP contribution < -0.4 is 0 Å². The molecule has 0 saturated heterocycles. The van der Waals surface area contributed by atoms with Crippen LogP contribution in [0.3, 0.4) is 0 Å². The van der Waals surface area contributed by atoms with Crippen molar-refractivity contribution in [2.24, 2.45) is 0 Å². The highest BCUT2D eigenvalue weighted by molar-refractivity contribution is 6.70. The third-order valence-electron chi connectivity index (χ3n) is 1.83. The monoisotopic (exact) mass is 256 g/mol. The second-order valence-electron chi connectivity index (χ2n) is 4.76. The van der Waals surface area contributed by atoms with Crippen molar-refractivity contribution < 1.29 is 14.0 Å². The summed E-state index contributed by atoms with van der Waals surface area (Å²) in [5.41, 5.74) is 0. The Labute approximate surface area is 106 Å². The van der Waals surface area contributed by atoms with E-state index in [9.17, 15) is 4.79 Å². The van der Waals surface area contributed by atoms with Gasteiger partial charge in [0.2, 0.25) is 8.32 Å². The number of ether oxygens (including phenoxy) is 1. The van der Waals surface area contributed by atoms with Crippen LogP contribution in [-0.2, 0) is 14.0 Å². The number of esters is 1. The highest BCUT2D eigenvalue weighted by Crippen LogP contribution is 2.16. The summed E-state index contributed by atoms with van der Waals surface area (Å²) in [6, 6.07) is 0. The van der Waals surface area contributed by atoms with Gasteiger partial charge in [-0.1, -0.05) is 6.08 Å². The zero-order valence-electron chi connectivity index (χ0n) is 11.4. The molecule has 0 radical (unpaired) electrons. The van der Waals surface area contributed by atoms with Gasteiger partial charge in [0.15, 0.2) is 0 Å². The lowest BCUT2D eigenvalue weighted by molar-refractivity contribution is -0.137. The van der Waals surface area contributed by atoms with E-state index in [4.69, 9.17) is 9.16 Å². The van der Waals surface area contributed by atoms with Crippen molar-refractivity contribution in [3.8, 4) is 0 Å². The van der Waals surface area contributed by atoms with E-state index in [1.807, 2.05) is 6.08 Å². The minimum atomic E-state index is -1.67. The molecule has 0 bridgehead atoms. The second kappa shape index (κ2) is 8.12. The zero-order chi connectivity index (χ0) is 13.3. The third-order valence-corrected chi connectivity index (χ3v) is 2.71. The van der Waals surface area contributed by atoms with Crippen molar-refractivity contribution in [1.82, 2.24) is 0 Å². The number of unbranched alkanes of at least 4 members (excludes halogenated alkanes) is 1. The lowest BCUT2D eigenvalue weighted by Gasteiger charge is -2.21. The van der Waals surface area contributed by atoms with Crippen LogP contribution in [0.2, 0.25) is 19.6 Å². The highest BCUT2D eigenvalue weighted by Gasteiger charge is 2.18. The van der Waals surface area contributed by atoms with Gasteiger partial charge in [0, 0.05) is 6.42 Å². The number of carbonyl (C=O) groups excluding carboxylic acids is 1. The number of hydrogen-bond acceptors (Lipinski definition) is 3.